The molecule has 0 bridgehead atoms. The second kappa shape index (κ2) is 4.40. The van der Waals surface area contributed by atoms with Gasteiger partial charge in [0.15, 0.2) is 0 Å². The molecule has 0 saturated carbocycles. The average Bonchev–Trinajstić information content (AvgIpc) is 2.81. The predicted octanol–water partition coefficient (Wildman–Crippen LogP) is 3.58. The first-order valence-corrected chi connectivity index (χ1v) is 6.01. The molecule has 2 aromatic carbocycles. The van der Waals surface area contributed by atoms with Crippen LogP contribution in [0.5, 0.6) is 0 Å². The molecule has 0 aliphatic carbocycles. The van der Waals surface area contributed by atoms with Gasteiger partial charge in [-0.3, -0.25) is 0 Å². The molecule has 5 heteroatoms. The first kappa shape index (κ1) is 11.7. The number of hydrogen-bond acceptors (Lipinski definition) is 2. The number of carboxylic acid groups (broad SMARTS) is 1. The van der Waals surface area contributed by atoms with Gasteiger partial charge in [0.25, 0.3) is 0 Å². The second-order valence-electron chi connectivity index (χ2n) is 4.10. The van der Waals surface area contributed by atoms with E-state index in [0.29, 0.717) is 21.9 Å². The number of fused-ring (bicyclic) bond motifs is 1. The van der Waals surface area contributed by atoms with Gasteiger partial charge >= 0.3 is 5.97 Å². The minimum absolute atomic E-state index is 0.224. The van der Waals surface area contributed by atoms with Gasteiger partial charge in [-0.2, -0.15) is 0 Å². The number of imidazole rings is 1. The summed E-state index contributed by atoms with van der Waals surface area (Å²) in [5.41, 5.74) is 2.40. The topological polar surface area (TPSA) is 66.0 Å². The number of H-pyrrole nitrogens is 1. The number of hydrogen-bond donors (Lipinski definition) is 2. The van der Waals surface area contributed by atoms with Crippen LogP contribution >= 0.6 is 11.6 Å². The van der Waals surface area contributed by atoms with Crippen molar-refractivity contribution in [2.45, 2.75) is 0 Å². The van der Waals surface area contributed by atoms with E-state index in [9.17, 15) is 4.79 Å². The number of halogens is 1. The number of nitrogens with zero attached hydrogens (tertiary/aromatic N) is 1. The molecule has 0 spiro atoms. The molecule has 0 unspecified atom stereocenters. The molecule has 19 heavy (non-hydrogen) atoms. The summed E-state index contributed by atoms with van der Waals surface area (Å²) in [6, 6.07) is 12.1. The van der Waals surface area contributed by atoms with Crippen molar-refractivity contribution in [2.24, 2.45) is 0 Å². The fraction of sp³-hybridized carbons (Fsp3) is 0. The molecular weight excluding hydrogens is 264 g/mol. The molecule has 1 heterocycles. The van der Waals surface area contributed by atoms with E-state index in [1.54, 1.807) is 18.2 Å². The Bertz CT molecular complexity index is 780. The zero-order valence-electron chi connectivity index (χ0n) is 9.72. The van der Waals surface area contributed by atoms with Gasteiger partial charge in [-0.05, 0) is 30.3 Å². The van der Waals surface area contributed by atoms with E-state index in [4.69, 9.17) is 16.7 Å². The summed E-state index contributed by atoms with van der Waals surface area (Å²) in [4.78, 5) is 18.4. The van der Waals surface area contributed by atoms with Gasteiger partial charge in [0.05, 0.1) is 21.6 Å². The third-order valence-corrected chi connectivity index (χ3v) is 3.19. The summed E-state index contributed by atoms with van der Waals surface area (Å²) in [5.74, 6) is -0.334. The number of carbonyl (C=O) groups is 1. The Morgan fingerprint density at radius 2 is 2.00 bits per heavy atom. The van der Waals surface area contributed by atoms with E-state index in [0.717, 1.165) is 5.56 Å². The quantitative estimate of drug-likeness (QED) is 0.749. The molecule has 0 fully saturated rings. The normalized spacial score (nSPS) is 10.8. The van der Waals surface area contributed by atoms with Crippen LogP contribution in [0.4, 0.5) is 0 Å². The van der Waals surface area contributed by atoms with Gasteiger partial charge in [-0.25, -0.2) is 9.78 Å². The third kappa shape index (κ3) is 2.06. The lowest BCUT2D eigenvalue weighted by Gasteiger charge is -1.98. The number of aromatic nitrogens is 2. The summed E-state index contributed by atoms with van der Waals surface area (Å²) in [7, 11) is 0. The maximum atomic E-state index is 10.9. The second-order valence-corrected chi connectivity index (χ2v) is 4.51. The maximum Gasteiger partial charge on any atom is 0.335 e. The number of aromatic amines is 1. The molecule has 1 aromatic heterocycles. The smallest absolute Gasteiger partial charge is 0.335 e. The van der Waals surface area contributed by atoms with Gasteiger partial charge in [-0.1, -0.05) is 23.7 Å². The van der Waals surface area contributed by atoms with Crippen LogP contribution in [0, 0.1) is 0 Å². The molecule has 2 N–H and O–H groups in total. The summed E-state index contributed by atoms with van der Waals surface area (Å²) in [6.07, 6.45) is 0. The van der Waals surface area contributed by atoms with Crippen LogP contribution in [0.15, 0.2) is 42.5 Å². The van der Waals surface area contributed by atoms with Crippen molar-refractivity contribution < 1.29 is 9.90 Å². The van der Waals surface area contributed by atoms with Crippen molar-refractivity contribution in [3.05, 3.63) is 53.1 Å². The Labute approximate surface area is 113 Å². The summed E-state index contributed by atoms with van der Waals surface area (Å²) < 4.78 is 0. The standard InChI is InChI=1S/C14H9ClN2O2/c15-10-4-2-1-3-9(10)13-16-11-6-5-8(14(18)19)7-12(11)17-13/h1-7H,(H,16,17)(H,18,19). The lowest BCUT2D eigenvalue weighted by atomic mass is 10.2. The minimum Gasteiger partial charge on any atom is -0.478 e. The molecule has 94 valence electrons. The van der Waals surface area contributed by atoms with Crippen LogP contribution in [0.1, 0.15) is 10.4 Å². The molecule has 0 radical (unpaired) electrons. The lowest BCUT2D eigenvalue weighted by Crippen LogP contribution is -1.94. The van der Waals surface area contributed by atoms with E-state index in [-0.39, 0.29) is 5.56 Å². The molecule has 0 saturated heterocycles. The van der Waals surface area contributed by atoms with Crippen molar-refractivity contribution >= 4 is 28.6 Å². The minimum atomic E-state index is -0.962. The highest BCUT2D eigenvalue weighted by molar-refractivity contribution is 6.33. The number of nitrogens with one attached hydrogen (secondary N) is 1. The highest BCUT2D eigenvalue weighted by Crippen LogP contribution is 2.27. The van der Waals surface area contributed by atoms with Crippen molar-refractivity contribution in [1.29, 1.82) is 0 Å². The van der Waals surface area contributed by atoms with Crippen LogP contribution in [0.25, 0.3) is 22.4 Å². The monoisotopic (exact) mass is 272 g/mol. The van der Waals surface area contributed by atoms with Crippen LogP contribution in [-0.4, -0.2) is 21.0 Å². The van der Waals surface area contributed by atoms with E-state index < -0.39 is 5.97 Å². The van der Waals surface area contributed by atoms with E-state index >= 15 is 0 Å². The molecule has 3 aromatic rings. The Morgan fingerprint density at radius 1 is 1.21 bits per heavy atom. The van der Waals surface area contributed by atoms with E-state index in [2.05, 4.69) is 9.97 Å². The highest BCUT2D eigenvalue weighted by Gasteiger charge is 2.10. The number of benzene rings is 2. The molecule has 0 atom stereocenters. The Balaban J connectivity index is 2.17. The third-order valence-electron chi connectivity index (χ3n) is 2.86. The zero-order valence-corrected chi connectivity index (χ0v) is 10.5. The van der Waals surface area contributed by atoms with Gasteiger partial charge in [0, 0.05) is 5.56 Å². The predicted molar refractivity (Wildman–Crippen MR) is 73.5 cm³/mol. The van der Waals surface area contributed by atoms with Crippen molar-refractivity contribution in [2.75, 3.05) is 0 Å². The van der Waals surface area contributed by atoms with Crippen LogP contribution in [0.3, 0.4) is 0 Å². The first-order chi connectivity index (χ1) is 9.15. The van der Waals surface area contributed by atoms with E-state index in [1.165, 1.54) is 6.07 Å². The maximum absolute atomic E-state index is 10.9. The first-order valence-electron chi connectivity index (χ1n) is 5.63. The Hall–Kier alpha value is -2.33. The highest BCUT2D eigenvalue weighted by atomic mass is 35.5. The van der Waals surface area contributed by atoms with Gasteiger partial charge in [0.2, 0.25) is 0 Å². The molecule has 3 rings (SSSR count). The Kier molecular flexibility index (Phi) is 2.72. The van der Waals surface area contributed by atoms with Crippen LogP contribution < -0.4 is 0 Å². The molecular formula is C14H9ClN2O2. The average molecular weight is 273 g/mol. The molecule has 0 aliphatic heterocycles. The number of aromatic carboxylic acids is 1. The Morgan fingerprint density at radius 3 is 2.74 bits per heavy atom. The van der Waals surface area contributed by atoms with Crippen molar-refractivity contribution in [3.8, 4) is 11.4 Å². The SMILES string of the molecule is O=C(O)c1ccc2nc(-c3ccccc3Cl)[nH]c2c1. The molecule has 0 aliphatic rings. The fourth-order valence-electron chi connectivity index (χ4n) is 1.92. The molecule has 0 amide bonds. The number of rotatable bonds is 2. The largest absolute Gasteiger partial charge is 0.478 e. The lowest BCUT2D eigenvalue weighted by molar-refractivity contribution is 0.0697. The van der Waals surface area contributed by atoms with Gasteiger partial charge in [-0.15, -0.1) is 0 Å². The van der Waals surface area contributed by atoms with E-state index in [1.807, 2.05) is 18.2 Å². The summed E-state index contributed by atoms with van der Waals surface area (Å²) >= 11 is 6.11. The summed E-state index contributed by atoms with van der Waals surface area (Å²) in [5, 5.41) is 9.55. The van der Waals surface area contributed by atoms with Crippen molar-refractivity contribution in [3.63, 3.8) is 0 Å². The van der Waals surface area contributed by atoms with Gasteiger partial charge < -0.3 is 10.1 Å². The molecule has 4 nitrogen and oxygen atoms in total. The van der Waals surface area contributed by atoms with Crippen LogP contribution in [-0.2, 0) is 0 Å². The van der Waals surface area contributed by atoms with Gasteiger partial charge in [0.1, 0.15) is 5.82 Å². The summed E-state index contributed by atoms with van der Waals surface area (Å²) in [6.45, 7) is 0. The zero-order chi connectivity index (χ0) is 13.4. The fourth-order valence-corrected chi connectivity index (χ4v) is 2.15. The van der Waals surface area contributed by atoms with Crippen molar-refractivity contribution in [1.82, 2.24) is 9.97 Å². The van der Waals surface area contributed by atoms with Crippen LogP contribution in [0.2, 0.25) is 5.02 Å². The number of carboxylic acids is 1.